The molecule has 1 amide bonds. The molecule has 1 aromatic heterocycles. The van der Waals surface area contributed by atoms with Gasteiger partial charge in [-0.2, -0.15) is 0 Å². The molecule has 2 aliphatic heterocycles. The summed E-state index contributed by atoms with van der Waals surface area (Å²) in [4.78, 5) is 15.3. The summed E-state index contributed by atoms with van der Waals surface area (Å²) >= 11 is 0. The van der Waals surface area contributed by atoms with Gasteiger partial charge in [0.25, 0.3) is 5.91 Å². The molecule has 2 aliphatic rings. The molecule has 2 aromatic carbocycles. The summed E-state index contributed by atoms with van der Waals surface area (Å²) in [5, 5.41) is 8.19. The molecule has 3 aromatic rings. The molecule has 0 radical (unpaired) electrons. The van der Waals surface area contributed by atoms with E-state index in [1.165, 1.54) is 11.1 Å². The first kappa shape index (κ1) is 18.1. The Morgan fingerprint density at radius 1 is 1.03 bits per heavy atom. The zero-order valence-electron chi connectivity index (χ0n) is 16.3. The van der Waals surface area contributed by atoms with Crippen LogP contribution in [0.4, 0.5) is 0 Å². The second-order valence-corrected chi connectivity index (χ2v) is 7.78. The number of rotatable bonds is 3. The van der Waals surface area contributed by atoms with Crippen LogP contribution in [0.2, 0.25) is 0 Å². The van der Waals surface area contributed by atoms with Crippen LogP contribution < -0.4 is 0 Å². The number of fused-ring (bicyclic) bond motifs is 1. The Labute approximate surface area is 169 Å². The molecule has 0 saturated carbocycles. The van der Waals surface area contributed by atoms with Gasteiger partial charge in [0.15, 0.2) is 0 Å². The molecular formula is C23H23N3O3. The molecule has 0 spiro atoms. The standard InChI is InChI=1S/C23H23N3O3/c1-15-24-25-22(29-15)20-11-17-9-5-6-10-18(17)13-26(20)23(27)21-12-19(14-28-21)16-7-3-2-4-8-16/h2-10,19-21H,11-14H2,1H3. The summed E-state index contributed by atoms with van der Waals surface area (Å²) in [6.07, 6.45) is 0.909. The molecule has 3 atom stereocenters. The number of nitrogens with zero attached hydrogens (tertiary/aromatic N) is 3. The Morgan fingerprint density at radius 3 is 2.55 bits per heavy atom. The Kier molecular flexibility index (Phi) is 4.64. The van der Waals surface area contributed by atoms with Crippen molar-refractivity contribution in [2.45, 2.75) is 44.4 Å². The van der Waals surface area contributed by atoms with Gasteiger partial charge in [-0.05, 0) is 23.1 Å². The average molecular weight is 389 g/mol. The minimum absolute atomic E-state index is 0.00112. The van der Waals surface area contributed by atoms with Crippen molar-refractivity contribution < 1.29 is 13.9 Å². The predicted molar refractivity (Wildman–Crippen MR) is 106 cm³/mol. The lowest BCUT2D eigenvalue weighted by molar-refractivity contribution is -0.145. The molecule has 6 nitrogen and oxygen atoms in total. The van der Waals surface area contributed by atoms with E-state index >= 15 is 0 Å². The number of hydrogen-bond acceptors (Lipinski definition) is 5. The van der Waals surface area contributed by atoms with E-state index in [-0.39, 0.29) is 17.9 Å². The van der Waals surface area contributed by atoms with Gasteiger partial charge in [-0.1, -0.05) is 54.6 Å². The fraction of sp³-hybridized carbons (Fsp3) is 0.348. The first-order valence-electron chi connectivity index (χ1n) is 10.0. The van der Waals surface area contributed by atoms with Crippen molar-refractivity contribution in [2.24, 2.45) is 0 Å². The molecule has 0 N–H and O–H groups in total. The van der Waals surface area contributed by atoms with Crippen molar-refractivity contribution in [1.29, 1.82) is 0 Å². The van der Waals surface area contributed by atoms with Gasteiger partial charge in [-0.3, -0.25) is 4.79 Å². The molecule has 6 heteroatoms. The van der Waals surface area contributed by atoms with Crippen LogP contribution >= 0.6 is 0 Å². The number of hydrogen-bond donors (Lipinski definition) is 0. The maximum atomic E-state index is 13.5. The fourth-order valence-electron chi connectivity index (χ4n) is 4.36. The van der Waals surface area contributed by atoms with Gasteiger partial charge in [0, 0.05) is 25.8 Å². The number of ether oxygens (including phenoxy) is 1. The van der Waals surface area contributed by atoms with Crippen LogP contribution in [0.25, 0.3) is 0 Å². The maximum absolute atomic E-state index is 13.5. The van der Waals surface area contributed by atoms with Crippen LogP contribution in [0.5, 0.6) is 0 Å². The number of aromatic nitrogens is 2. The second kappa shape index (κ2) is 7.44. The van der Waals surface area contributed by atoms with E-state index < -0.39 is 6.10 Å². The Bertz CT molecular complexity index is 1020. The summed E-state index contributed by atoms with van der Waals surface area (Å²) < 4.78 is 11.7. The molecular weight excluding hydrogens is 366 g/mol. The largest absolute Gasteiger partial charge is 0.423 e. The molecule has 3 unspecified atom stereocenters. The first-order chi connectivity index (χ1) is 14.2. The summed E-state index contributed by atoms with van der Waals surface area (Å²) in [5.41, 5.74) is 3.59. The van der Waals surface area contributed by atoms with Crippen molar-refractivity contribution in [3.8, 4) is 0 Å². The van der Waals surface area contributed by atoms with Crippen LogP contribution in [0.1, 0.15) is 46.9 Å². The summed E-state index contributed by atoms with van der Waals surface area (Å²) in [5.74, 6) is 1.24. The third kappa shape index (κ3) is 3.44. The fourth-order valence-corrected chi connectivity index (χ4v) is 4.36. The van der Waals surface area contributed by atoms with E-state index in [9.17, 15) is 4.79 Å². The maximum Gasteiger partial charge on any atom is 0.252 e. The Morgan fingerprint density at radius 2 is 1.79 bits per heavy atom. The van der Waals surface area contributed by atoms with Crippen LogP contribution in [0.15, 0.2) is 59.0 Å². The third-order valence-corrected chi connectivity index (χ3v) is 5.90. The quantitative estimate of drug-likeness (QED) is 0.685. The number of amides is 1. The highest BCUT2D eigenvalue weighted by Crippen LogP contribution is 2.36. The van der Waals surface area contributed by atoms with E-state index in [0.29, 0.717) is 37.8 Å². The number of aryl methyl sites for hydroxylation is 1. The van der Waals surface area contributed by atoms with Crippen molar-refractivity contribution in [3.05, 3.63) is 83.1 Å². The van der Waals surface area contributed by atoms with Crippen molar-refractivity contribution >= 4 is 5.91 Å². The number of carbonyl (C=O) groups is 1. The monoisotopic (exact) mass is 389 g/mol. The lowest BCUT2D eigenvalue weighted by Crippen LogP contribution is -2.44. The zero-order chi connectivity index (χ0) is 19.8. The second-order valence-electron chi connectivity index (χ2n) is 7.78. The molecule has 5 rings (SSSR count). The van der Waals surface area contributed by atoms with Crippen LogP contribution in [0.3, 0.4) is 0 Å². The first-order valence-corrected chi connectivity index (χ1v) is 10.0. The van der Waals surface area contributed by atoms with E-state index in [2.05, 4.69) is 34.5 Å². The smallest absolute Gasteiger partial charge is 0.252 e. The third-order valence-electron chi connectivity index (χ3n) is 5.90. The SMILES string of the molecule is Cc1nnc(C2Cc3ccccc3CN2C(=O)C2CC(c3ccccc3)CO2)o1. The van der Waals surface area contributed by atoms with Gasteiger partial charge < -0.3 is 14.1 Å². The number of carbonyl (C=O) groups excluding carboxylic acids is 1. The van der Waals surface area contributed by atoms with Gasteiger partial charge in [-0.25, -0.2) is 0 Å². The molecule has 3 heterocycles. The van der Waals surface area contributed by atoms with Gasteiger partial charge in [0.2, 0.25) is 11.8 Å². The molecule has 1 fully saturated rings. The van der Waals surface area contributed by atoms with Gasteiger partial charge in [-0.15, -0.1) is 10.2 Å². The zero-order valence-corrected chi connectivity index (χ0v) is 16.3. The van der Waals surface area contributed by atoms with Crippen LogP contribution in [0, 0.1) is 6.92 Å². The van der Waals surface area contributed by atoms with Gasteiger partial charge in [0.1, 0.15) is 12.1 Å². The Balaban J connectivity index is 1.41. The van der Waals surface area contributed by atoms with Gasteiger partial charge >= 0.3 is 0 Å². The lowest BCUT2D eigenvalue weighted by Gasteiger charge is -2.36. The molecule has 148 valence electrons. The van der Waals surface area contributed by atoms with Gasteiger partial charge in [0.05, 0.1) is 6.61 Å². The van der Waals surface area contributed by atoms with E-state index in [1.807, 2.05) is 35.2 Å². The van der Waals surface area contributed by atoms with Crippen molar-refractivity contribution in [1.82, 2.24) is 15.1 Å². The van der Waals surface area contributed by atoms with Crippen LogP contribution in [-0.2, 0) is 22.5 Å². The van der Waals surface area contributed by atoms with Crippen molar-refractivity contribution in [2.75, 3.05) is 6.61 Å². The topological polar surface area (TPSA) is 68.5 Å². The van der Waals surface area contributed by atoms with E-state index in [1.54, 1.807) is 6.92 Å². The average Bonchev–Trinajstić information content (AvgIpc) is 3.42. The highest BCUT2D eigenvalue weighted by atomic mass is 16.5. The summed E-state index contributed by atoms with van der Waals surface area (Å²) in [6, 6.07) is 18.2. The molecule has 29 heavy (non-hydrogen) atoms. The summed E-state index contributed by atoms with van der Waals surface area (Å²) in [7, 11) is 0. The number of benzene rings is 2. The normalized spacial score (nSPS) is 23.8. The minimum atomic E-state index is -0.447. The van der Waals surface area contributed by atoms with Crippen molar-refractivity contribution in [3.63, 3.8) is 0 Å². The predicted octanol–water partition coefficient (Wildman–Crippen LogP) is 3.58. The highest BCUT2D eigenvalue weighted by molar-refractivity contribution is 5.82. The van der Waals surface area contributed by atoms with E-state index in [0.717, 1.165) is 5.56 Å². The molecule has 0 bridgehead atoms. The Hall–Kier alpha value is -2.99. The minimum Gasteiger partial charge on any atom is -0.423 e. The lowest BCUT2D eigenvalue weighted by atomic mass is 9.92. The highest BCUT2D eigenvalue weighted by Gasteiger charge is 2.40. The van der Waals surface area contributed by atoms with E-state index in [4.69, 9.17) is 9.15 Å². The summed E-state index contributed by atoms with van der Waals surface area (Å²) in [6.45, 7) is 2.86. The molecule has 0 aliphatic carbocycles. The molecule has 1 saturated heterocycles. The van der Waals surface area contributed by atoms with Crippen LogP contribution in [-0.4, -0.2) is 33.7 Å².